The average Bonchev–Trinajstić information content (AvgIpc) is 3.21. The molecule has 2 aromatic heterocycles. The smallest absolute Gasteiger partial charge is 0.406 e. The zero-order valence-corrected chi connectivity index (χ0v) is 18.7. The van der Waals surface area contributed by atoms with Gasteiger partial charge in [-0.1, -0.05) is 6.07 Å². The van der Waals surface area contributed by atoms with Crippen molar-refractivity contribution >= 4 is 11.6 Å². The van der Waals surface area contributed by atoms with Crippen molar-refractivity contribution in [3.05, 3.63) is 65.7 Å². The molecule has 0 saturated heterocycles. The molecule has 0 aliphatic heterocycles. The highest BCUT2D eigenvalue weighted by Gasteiger charge is 2.53. The number of halogens is 7. The van der Waals surface area contributed by atoms with Crippen LogP contribution in [0.15, 0.2) is 48.7 Å². The minimum absolute atomic E-state index is 0.00686. The molecule has 4 aromatic rings. The normalized spacial score (nSPS) is 14.8. The van der Waals surface area contributed by atoms with Gasteiger partial charge >= 0.3 is 12.5 Å². The Hall–Kier alpha value is -4.50. The number of nitrogens with one attached hydrogen (secondary N) is 2. The molecule has 2 N–H and O–H groups in total. The number of aromatic amines is 1. The van der Waals surface area contributed by atoms with E-state index in [2.05, 4.69) is 35.8 Å². The van der Waals surface area contributed by atoms with Crippen LogP contribution in [0.2, 0.25) is 0 Å². The van der Waals surface area contributed by atoms with Gasteiger partial charge in [-0.15, -0.1) is 23.4 Å². The van der Waals surface area contributed by atoms with Gasteiger partial charge in [0.15, 0.2) is 5.69 Å². The Labute approximate surface area is 207 Å². The number of H-pyrrole nitrogens is 1. The minimum atomic E-state index is -5.00. The Balaban J connectivity index is 1.43. The van der Waals surface area contributed by atoms with Crippen molar-refractivity contribution < 1.29 is 40.3 Å². The Kier molecular flexibility index (Phi) is 5.83. The summed E-state index contributed by atoms with van der Waals surface area (Å²) < 4.78 is 95.8. The molecule has 0 unspecified atom stereocenters. The molecule has 38 heavy (non-hydrogen) atoms. The fourth-order valence-electron chi connectivity index (χ4n) is 3.95. The number of hydrogen-bond donors (Lipinski definition) is 2. The second-order valence-electron chi connectivity index (χ2n) is 8.34. The van der Waals surface area contributed by atoms with Gasteiger partial charge in [-0.3, -0.25) is 4.79 Å². The van der Waals surface area contributed by atoms with Crippen molar-refractivity contribution in [1.29, 1.82) is 0 Å². The van der Waals surface area contributed by atoms with Crippen LogP contribution < -0.4 is 10.1 Å². The van der Waals surface area contributed by atoms with Gasteiger partial charge < -0.3 is 10.1 Å². The van der Waals surface area contributed by atoms with E-state index in [9.17, 15) is 35.5 Å². The van der Waals surface area contributed by atoms with Gasteiger partial charge in [-0.2, -0.15) is 23.5 Å². The molecule has 0 bridgehead atoms. The van der Waals surface area contributed by atoms with Gasteiger partial charge in [0.1, 0.15) is 11.6 Å². The number of nitrogens with zero attached hydrogens (tertiary/aromatic N) is 5. The molecule has 9 nitrogen and oxygen atoms in total. The van der Waals surface area contributed by atoms with Crippen molar-refractivity contribution in [3.8, 4) is 22.8 Å². The Morgan fingerprint density at radius 3 is 2.39 bits per heavy atom. The van der Waals surface area contributed by atoms with Gasteiger partial charge in [0.25, 0.3) is 0 Å². The third kappa shape index (κ3) is 4.88. The highest BCUT2D eigenvalue weighted by Crippen LogP contribution is 2.50. The number of carbonyl (C=O) groups is 1. The van der Waals surface area contributed by atoms with Gasteiger partial charge in [0.2, 0.25) is 11.7 Å². The van der Waals surface area contributed by atoms with Crippen LogP contribution in [0.1, 0.15) is 24.1 Å². The van der Waals surface area contributed by atoms with Crippen LogP contribution in [0.3, 0.4) is 0 Å². The number of amides is 1. The Morgan fingerprint density at radius 1 is 1.05 bits per heavy atom. The maximum atomic E-state index is 14.7. The summed E-state index contributed by atoms with van der Waals surface area (Å²) in [5, 5.41) is 19.5. The molecule has 2 aromatic carbocycles. The SMILES string of the molecule is O=C(Nc1ccc(-n2ccc(C(F)(F)F)n2)c(-c2nn[nH]n2)c1)C1(c2ccc(OC(F)(F)F)cc2F)CC1. The number of anilines is 1. The maximum absolute atomic E-state index is 14.7. The van der Waals surface area contributed by atoms with E-state index in [1.807, 2.05) is 0 Å². The summed E-state index contributed by atoms with van der Waals surface area (Å²) in [5.74, 6) is -2.44. The molecule has 2 heterocycles. The van der Waals surface area contributed by atoms with Crippen molar-refractivity contribution in [3.63, 3.8) is 0 Å². The first-order chi connectivity index (χ1) is 17.9. The molecule has 0 radical (unpaired) electrons. The molecule has 1 saturated carbocycles. The van der Waals surface area contributed by atoms with E-state index in [4.69, 9.17) is 0 Å². The third-order valence-electron chi connectivity index (χ3n) is 5.84. The van der Waals surface area contributed by atoms with E-state index in [-0.39, 0.29) is 41.2 Å². The summed E-state index contributed by atoms with van der Waals surface area (Å²) in [7, 11) is 0. The largest absolute Gasteiger partial charge is 0.573 e. The summed E-state index contributed by atoms with van der Waals surface area (Å²) in [6.45, 7) is 0. The fraction of sp³-hybridized carbons (Fsp3) is 0.227. The molecule has 1 amide bonds. The monoisotopic (exact) mass is 541 g/mol. The van der Waals surface area contributed by atoms with E-state index >= 15 is 0 Å². The predicted molar refractivity (Wildman–Crippen MR) is 114 cm³/mol. The highest BCUT2D eigenvalue weighted by molar-refractivity contribution is 6.02. The summed E-state index contributed by atoms with van der Waals surface area (Å²) in [6.07, 6.45) is -8.11. The lowest BCUT2D eigenvalue weighted by Gasteiger charge is -2.18. The van der Waals surface area contributed by atoms with Crippen molar-refractivity contribution in [2.75, 3.05) is 5.32 Å². The van der Waals surface area contributed by atoms with Crippen LogP contribution in [-0.2, 0) is 16.4 Å². The van der Waals surface area contributed by atoms with E-state index in [1.54, 1.807) is 0 Å². The highest BCUT2D eigenvalue weighted by atomic mass is 19.4. The van der Waals surface area contributed by atoms with Gasteiger partial charge in [-0.05, 0) is 48.4 Å². The number of alkyl halides is 6. The summed E-state index contributed by atoms with van der Waals surface area (Å²) in [5.41, 5.74) is -2.07. The molecular formula is C22H14F7N7O2. The number of ether oxygens (including phenoxy) is 1. The van der Waals surface area contributed by atoms with Gasteiger partial charge in [-0.25, -0.2) is 9.07 Å². The number of hydrogen-bond acceptors (Lipinski definition) is 6. The summed E-state index contributed by atoms with van der Waals surface area (Å²) in [6, 6.07) is 7.45. The maximum Gasteiger partial charge on any atom is 0.573 e. The number of aromatic nitrogens is 6. The molecule has 0 spiro atoms. The number of carbonyl (C=O) groups excluding carboxylic acids is 1. The molecule has 1 aliphatic rings. The zero-order chi connectivity index (χ0) is 27.3. The van der Waals surface area contributed by atoms with Crippen LogP contribution in [0.25, 0.3) is 17.1 Å². The number of benzene rings is 2. The molecule has 1 fully saturated rings. The molecule has 1 aliphatic carbocycles. The standard InChI is InChI=1S/C22H14F7N7O2/c23-15-10-12(38-22(27,28)29)2-3-14(15)20(6-7-20)19(37)30-11-1-4-16(13(9-11)18-31-34-35-32-18)36-8-5-17(33-36)21(24,25)26/h1-5,8-10H,6-7H2,(H,30,37)(H,31,32,34,35). The van der Waals surface area contributed by atoms with Crippen LogP contribution in [0, 0.1) is 5.82 Å². The first-order valence-electron chi connectivity index (χ1n) is 10.7. The summed E-state index contributed by atoms with van der Waals surface area (Å²) in [4.78, 5) is 13.1. The molecule has 0 atom stereocenters. The Morgan fingerprint density at radius 2 is 1.82 bits per heavy atom. The number of rotatable bonds is 6. The van der Waals surface area contributed by atoms with E-state index < -0.39 is 41.1 Å². The lowest BCUT2D eigenvalue weighted by molar-refractivity contribution is -0.274. The van der Waals surface area contributed by atoms with Crippen LogP contribution in [0.5, 0.6) is 5.75 Å². The van der Waals surface area contributed by atoms with Gasteiger partial charge in [0.05, 0.1) is 16.7 Å². The second kappa shape index (κ2) is 8.81. The fourth-order valence-corrected chi connectivity index (χ4v) is 3.95. The van der Waals surface area contributed by atoms with Crippen molar-refractivity contribution in [1.82, 2.24) is 30.4 Å². The van der Waals surface area contributed by atoms with Crippen LogP contribution >= 0.6 is 0 Å². The topological polar surface area (TPSA) is 111 Å². The predicted octanol–water partition coefficient (Wildman–Crippen LogP) is 4.78. The van der Waals surface area contributed by atoms with Gasteiger partial charge in [0, 0.05) is 23.5 Å². The molecular weight excluding hydrogens is 527 g/mol. The molecule has 5 rings (SSSR count). The first-order valence-corrected chi connectivity index (χ1v) is 10.7. The average molecular weight is 541 g/mol. The quantitative estimate of drug-likeness (QED) is 0.340. The van der Waals surface area contributed by atoms with E-state index in [0.717, 1.165) is 29.1 Å². The Bertz CT molecular complexity index is 1490. The lowest BCUT2D eigenvalue weighted by Crippen LogP contribution is -2.29. The first kappa shape index (κ1) is 25.2. The van der Waals surface area contributed by atoms with Crippen molar-refractivity contribution in [2.45, 2.75) is 30.8 Å². The second-order valence-corrected chi connectivity index (χ2v) is 8.34. The van der Waals surface area contributed by atoms with Crippen LogP contribution in [0.4, 0.5) is 36.4 Å². The molecule has 16 heteroatoms. The molecule has 198 valence electrons. The zero-order valence-electron chi connectivity index (χ0n) is 18.7. The van der Waals surface area contributed by atoms with Crippen molar-refractivity contribution in [2.24, 2.45) is 0 Å². The third-order valence-corrected chi connectivity index (χ3v) is 5.84. The lowest BCUT2D eigenvalue weighted by atomic mass is 9.94. The van der Waals surface area contributed by atoms with E-state index in [0.29, 0.717) is 6.07 Å². The summed E-state index contributed by atoms with van der Waals surface area (Å²) >= 11 is 0. The van der Waals surface area contributed by atoms with E-state index in [1.165, 1.54) is 18.2 Å². The number of tetrazole rings is 1. The van der Waals surface area contributed by atoms with Crippen LogP contribution in [-0.4, -0.2) is 42.7 Å². The minimum Gasteiger partial charge on any atom is -0.406 e.